The number of ether oxygens (including phenoxy) is 1. The molecule has 0 bridgehead atoms. The number of nitrogens with one attached hydrogen (secondary N) is 1. The van der Waals surface area contributed by atoms with Crippen LogP contribution in [0.5, 0.6) is 5.75 Å². The summed E-state index contributed by atoms with van der Waals surface area (Å²) in [6.45, 7) is 1.51. The molecule has 0 aromatic heterocycles. The van der Waals surface area contributed by atoms with Gasteiger partial charge in [-0.3, -0.25) is 0 Å². The van der Waals surface area contributed by atoms with Crippen molar-refractivity contribution >= 4 is 10.0 Å². The predicted octanol–water partition coefficient (Wildman–Crippen LogP) is 1.28. The molecule has 0 atom stereocenters. The first-order chi connectivity index (χ1) is 7.94. The monoisotopic (exact) mass is 265 g/mol. The molecule has 1 rings (SSSR count). The molecule has 0 saturated carbocycles. The van der Waals surface area contributed by atoms with E-state index in [4.69, 9.17) is 4.74 Å². The van der Waals surface area contributed by atoms with Gasteiger partial charge in [-0.05, 0) is 19.1 Å². The standard InChI is InChI=1S/C10H13F2NO3S/c1-2-17(14,15)13-5-6-16-10-4-3-8(11)7-9(10)12/h3-4,7,13H,2,5-6H2,1H3. The molecule has 1 aromatic rings. The number of sulfonamides is 1. The Kier molecular flexibility index (Phi) is 4.83. The summed E-state index contributed by atoms with van der Waals surface area (Å²) >= 11 is 0. The molecule has 0 unspecified atom stereocenters. The van der Waals surface area contributed by atoms with Gasteiger partial charge >= 0.3 is 0 Å². The van der Waals surface area contributed by atoms with Crippen LogP contribution >= 0.6 is 0 Å². The number of benzene rings is 1. The molecule has 0 saturated heterocycles. The van der Waals surface area contributed by atoms with E-state index < -0.39 is 21.7 Å². The Morgan fingerprint density at radius 2 is 2.06 bits per heavy atom. The molecule has 0 aliphatic carbocycles. The van der Waals surface area contributed by atoms with Gasteiger partial charge in [0.25, 0.3) is 0 Å². The summed E-state index contributed by atoms with van der Waals surface area (Å²) in [7, 11) is -3.27. The van der Waals surface area contributed by atoms with Gasteiger partial charge < -0.3 is 4.74 Å². The summed E-state index contributed by atoms with van der Waals surface area (Å²) < 4.78 is 54.9. The second-order valence-corrected chi connectivity index (χ2v) is 5.32. The summed E-state index contributed by atoms with van der Waals surface area (Å²) in [6, 6.07) is 2.92. The molecule has 0 spiro atoms. The maximum atomic E-state index is 13.1. The van der Waals surface area contributed by atoms with Gasteiger partial charge in [-0.2, -0.15) is 0 Å². The van der Waals surface area contributed by atoms with Crippen molar-refractivity contribution < 1.29 is 21.9 Å². The Labute approximate surface area is 98.6 Å². The van der Waals surface area contributed by atoms with Crippen molar-refractivity contribution in [2.24, 2.45) is 0 Å². The molecule has 17 heavy (non-hydrogen) atoms. The number of rotatable bonds is 6. The number of halogens is 2. The summed E-state index contributed by atoms with van der Waals surface area (Å²) in [5, 5.41) is 0. The molecule has 7 heteroatoms. The van der Waals surface area contributed by atoms with Crippen molar-refractivity contribution in [2.45, 2.75) is 6.92 Å². The van der Waals surface area contributed by atoms with Crippen molar-refractivity contribution in [3.05, 3.63) is 29.8 Å². The average molecular weight is 265 g/mol. The lowest BCUT2D eigenvalue weighted by molar-refractivity contribution is 0.305. The van der Waals surface area contributed by atoms with Crippen LogP contribution in [0.4, 0.5) is 8.78 Å². The zero-order valence-corrected chi connectivity index (χ0v) is 10.1. The van der Waals surface area contributed by atoms with Crippen molar-refractivity contribution in [3.8, 4) is 5.75 Å². The molecule has 96 valence electrons. The molecule has 4 nitrogen and oxygen atoms in total. The van der Waals surface area contributed by atoms with Crippen molar-refractivity contribution in [2.75, 3.05) is 18.9 Å². The minimum absolute atomic E-state index is 0.0260. The number of hydrogen-bond acceptors (Lipinski definition) is 3. The first-order valence-electron chi connectivity index (χ1n) is 5.00. The highest BCUT2D eigenvalue weighted by Crippen LogP contribution is 2.17. The molecular formula is C10H13F2NO3S. The van der Waals surface area contributed by atoms with Gasteiger partial charge in [0.2, 0.25) is 10.0 Å². The maximum absolute atomic E-state index is 13.1. The zero-order chi connectivity index (χ0) is 12.9. The first kappa shape index (κ1) is 13.9. The van der Waals surface area contributed by atoms with Gasteiger partial charge in [0.1, 0.15) is 12.4 Å². The Balaban J connectivity index is 2.41. The van der Waals surface area contributed by atoms with E-state index in [-0.39, 0.29) is 24.7 Å². The second-order valence-electron chi connectivity index (χ2n) is 3.22. The lowest BCUT2D eigenvalue weighted by Gasteiger charge is -2.08. The maximum Gasteiger partial charge on any atom is 0.211 e. The Bertz CT molecular complexity index is 476. The van der Waals surface area contributed by atoms with Crippen LogP contribution in [0, 0.1) is 11.6 Å². The van der Waals surface area contributed by atoms with E-state index in [9.17, 15) is 17.2 Å². The van der Waals surface area contributed by atoms with E-state index in [0.717, 1.165) is 12.1 Å². The van der Waals surface area contributed by atoms with Gasteiger partial charge in [0, 0.05) is 12.6 Å². The average Bonchev–Trinajstić information content (AvgIpc) is 2.27. The van der Waals surface area contributed by atoms with Crippen LogP contribution < -0.4 is 9.46 Å². The fraction of sp³-hybridized carbons (Fsp3) is 0.400. The van der Waals surface area contributed by atoms with Crippen molar-refractivity contribution in [3.63, 3.8) is 0 Å². The van der Waals surface area contributed by atoms with Crippen LogP contribution in [0.2, 0.25) is 0 Å². The minimum Gasteiger partial charge on any atom is -0.489 e. The zero-order valence-electron chi connectivity index (χ0n) is 9.24. The summed E-state index contributed by atoms with van der Waals surface area (Å²) in [5.74, 6) is -1.65. The molecule has 0 heterocycles. The van der Waals surface area contributed by atoms with Crippen LogP contribution in [0.1, 0.15) is 6.92 Å². The van der Waals surface area contributed by atoms with E-state index in [1.807, 2.05) is 0 Å². The molecule has 0 aliphatic heterocycles. The van der Waals surface area contributed by atoms with E-state index in [1.165, 1.54) is 6.92 Å². The highest BCUT2D eigenvalue weighted by Gasteiger charge is 2.07. The van der Waals surface area contributed by atoms with Gasteiger partial charge in [-0.15, -0.1) is 0 Å². The third-order valence-electron chi connectivity index (χ3n) is 1.96. The topological polar surface area (TPSA) is 55.4 Å². The SMILES string of the molecule is CCS(=O)(=O)NCCOc1ccc(F)cc1F. The largest absolute Gasteiger partial charge is 0.489 e. The second kappa shape index (κ2) is 5.92. The first-order valence-corrected chi connectivity index (χ1v) is 6.65. The predicted molar refractivity (Wildman–Crippen MR) is 59.3 cm³/mol. The smallest absolute Gasteiger partial charge is 0.211 e. The lowest BCUT2D eigenvalue weighted by Crippen LogP contribution is -2.29. The normalized spacial score (nSPS) is 11.5. The highest BCUT2D eigenvalue weighted by atomic mass is 32.2. The molecule has 0 radical (unpaired) electrons. The fourth-order valence-electron chi connectivity index (χ4n) is 1.05. The van der Waals surface area contributed by atoms with Gasteiger partial charge in [0.15, 0.2) is 11.6 Å². The third-order valence-corrected chi connectivity index (χ3v) is 3.36. The fourth-order valence-corrected chi connectivity index (χ4v) is 1.65. The van der Waals surface area contributed by atoms with Gasteiger partial charge in [-0.25, -0.2) is 21.9 Å². The quantitative estimate of drug-likeness (QED) is 0.788. The Morgan fingerprint density at radius 1 is 1.35 bits per heavy atom. The summed E-state index contributed by atoms with van der Waals surface area (Å²) in [6.07, 6.45) is 0. The molecule has 0 aliphatic rings. The molecule has 1 N–H and O–H groups in total. The highest BCUT2D eigenvalue weighted by molar-refractivity contribution is 7.89. The molecule has 1 aromatic carbocycles. The lowest BCUT2D eigenvalue weighted by atomic mass is 10.3. The number of hydrogen-bond donors (Lipinski definition) is 1. The third kappa shape index (κ3) is 4.66. The van der Waals surface area contributed by atoms with E-state index >= 15 is 0 Å². The van der Waals surface area contributed by atoms with Crippen LogP contribution in [-0.2, 0) is 10.0 Å². The van der Waals surface area contributed by atoms with E-state index in [1.54, 1.807) is 0 Å². The van der Waals surface area contributed by atoms with E-state index in [2.05, 4.69) is 4.72 Å². The Morgan fingerprint density at radius 3 is 2.65 bits per heavy atom. The van der Waals surface area contributed by atoms with Gasteiger partial charge in [-0.1, -0.05) is 0 Å². The molecule has 0 amide bonds. The molecular weight excluding hydrogens is 252 g/mol. The van der Waals surface area contributed by atoms with Crippen LogP contribution in [-0.4, -0.2) is 27.3 Å². The van der Waals surface area contributed by atoms with Crippen LogP contribution in [0.15, 0.2) is 18.2 Å². The van der Waals surface area contributed by atoms with Crippen molar-refractivity contribution in [1.82, 2.24) is 4.72 Å². The summed E-state index contributed by atoms with van der Waals surface area (Å²) in [4.78, 5) is 0. The summed E-state index contributed by atoms with van der Waals surface area (Å²) in [5.41, 5.74) is 0. The minimum atomic E-state index is -3.27. The Hall–Kier alpha value is -1.21. The van der Waals surface area contributed by atoms with Crippen LogP contribution in [0.3, 0.4) is 0 Å². The molecule has 0 fully saturated rings. The van der Waals surface area contributed by atoms with E-state index in [0.29, 0.717) is 6.07 Å². The van der Waals surface area contributed by atoms with Crippen molar-refractivity contribution in [1.29, 1.82) is 0 Å². The van der Waals surface area contributed by atoms with Crippen LogP contribution in [0.25, 0.3) is 0 Å². The van der Waals surface area contributed by atoms with Gasteiger partial charge in [0.05, 0.1) is 5.75 Å².